The fourth-order valence-corrected chi connectivity index (χ4v) is 4.63. The van der Waals surface area contributed by atoms with Crippen LogP contribution in [0, 0.1) is 11.8 Å². The molecule has 1 saturated carbocycles. The Morgan fingerprint density at radius 3 is 2.15 bits per heavy atom. The van der Waals surface area contributed by atoms with Gasteiger partial charge in [-0.15, -0.1) is 0 Å². The summed E-state index contributed by atoms with van der Waals surface area (Å²) in [6.07, 6.45) is 9.08. The largest absolute Gasteiger partial charge is 0.342 e. The Morgan fingerprint density at radius 1 is 1.00 bits per heavy atom. The van der Waals surface area contributed by atoms with Crippen LogP contribution in [0.25, 0.3) is 0 Å². The number of carbonyl (C=O) groups excluding carboxylic acids is 1. The molecule has 1 aliphatic carbocycles. The molecule has 0 N–H and O–H groups in total. The van der Waals surface area contributed by atoms with E-state index in [2.05, 4.69) is 21.9 Å². The number of hydrogen-bond acceptors (Lipinski definition) is 2. The highest BCUT2D eigenvalue weighted by molar-refractivity contribution is 6.30. The third kappa shape index (κ3) is 5.99. The molecule has 2 fully saturated rings. The lowest BCUT2D eigenvalue weighted by molar-refractivity contribution is -0.130. The molecule has 1 heterocycles. The molecule has 0 spiro atoms. The van der Waals surface area contributed by atoms with E-state index in [4.69, 9.17) is 11.6 Å². The molecule has 1 amide bonds. The van der Waals surface area contributed by atoms with Gasteiger partial charge in [-0.05, 0) is 68.3 Å². The van der Waals surface area contributed by atoms with E-state index in [0.29, 0.717) is 5.92 Å². The Bertz CT molecular complexity index is 560. The summed E-state index contributed by atoms with van der Waals surface area (Å²) >= 11 is 5.97. The zero-order chi connectivity index (χ0) is 18.4. The fourth-order valence-electron chi connectivity index (χ4n) is 4.50. The number of benzene rings is 1. The van der Waals surface area contributed by atoms with Crippen molar-refractivity contribution in [3.05, 3.63) is 34.9 Å². The lowest BCUT2D eigenvalue weighted by Crippen LogP contribution is -2.42. The van der Waals surface area contributed by atoms with Crippen molar-refractivity contribution in [1.82, 2.24) is 9.80 Å². The number of hydrogen-bond donors (Lipinski definition) is 0. The van der Waals surface area contributed by atoms with Gasteiger partial charge in [0.2, 0.25) is 5.91 Å². The van der Waals surface area contributed by atoms with E-state index in [1.807, 2.05) is 12.1 Å². The van der Waals surface area contributed by atoms with Crippen LogP contribution < -0.4 is 0 Å². The summed E-state index contributed by atoms with van der Waals surface area (Å²) in [6, 6.07) is 8.19. The monoisotopic (exact) mass is 376 g/mol. The van der Waals surface area contributed by atoms with E-state index in [1.165, 1.54) is 50.5 Å². The molecular formula is C22H33ClN2O. The zero-order valence-corrected chi connectivity index (χ0v) is 16.9. The van der Waals surface area contributed by atoms with E-state index in [0.717, 1.165) is 43.7 Å². The SMILES string of the molecule is CC(=O)N(CC1CCCCC1)CC1CCN(Cc2ccc(Cl)cc2)CC1. The molecule has 0 radical (unpaired) electrons. The topological polar surface area (TPSA) is 23.6 Å². The first-order chi connectivity index (χ1) is 12.6. The van der Waals surface area contributed by atoms with Crippen LogP contribution in [0.3, 0.4) is 0 Å². The minimum atomic E-state index is 0.263. The van der Waals surface area contributed by atoms with E-state index in [-0.39, 0.29) is 5.91 Å². The second-order valence-electron chi connectivity index (χ2n) is 8.27. The molecule has 0 aromatic heterocycles. The van der Waals surface area contributed by atoms with Crippen molar-refractivity contribution in [3.63, 3.8) is 0 Å². The summed E-state index contributed by atoms with van der Waals surface area (Å²) < 4.78 is 0. The van der Waals surface area contributed by atoms with E-state index in [1.54, 1.807) is 6.92 Å². The van der Waals surface area contributed by atoms with Gasteiger partial charge in [0.15, 0.2) is 0 Å². The Hall–Kier alpha value is -1.06. The predicted octanol–water partition coefficient (Wildman–Crippen LogP) is 4.98. The smallest absolute Gasteiger partial charge is 0.219 e. The first-order valence-electron chi connectivity index (χ1n) is 10.3. The van der Waals surface area contributed by atoms with Crippen molar-refractivity contribution in [2.24, 2.45) is 11.8 Å². The van der Waals surface area contributed by atoms with E-state index >= 15 is 0 Å². The molecular weight excluding hydrogens is 344 g/mol. The minimum Gasteiger partial charge on any atom is -0.342 e. The molecule has 0 unspecified atom stereocenters. The fraction of sp³-hybridized carbons (Fsp3) is 0.682. The number of likely N-dealkylation sites (tertiary alicyclic amines) is 1. The van der Waals surface area contributed by atoms with Gasteiger partial charge in [0, 0.05) is 31.6 Å². The summed E-state index contributed by atoms with van der Waals surface area (Å²) in [5, 5.41) is 0.801. The van der Waals surface area contributed by atoms with Crippen LogP contribution in [-0.4, -0.2) is 41.9 Å². The average molecular weight is 377 g/mol. The minimum absolute atomic E-state index is 0.263. The van der Waals surface area contributed by atoms with Crippen LogP contribution in [0.2, 0.25) is 5.02 Å². The lowest BCUT2D eigenvalue weighted by atomic mass is 9.88. The number of piperidine rings is 1. The van der Waals surface area contributed by atoms with Crippen molar-refractivity contribution in [2.45, 2.75) is 58.4 Å². The third-order valence-corrected chi connectivity index (χ3v) is 6.41. The molecule has 144 valence electrons. The predicted molar refractivity (Wildman–Crippen MR) is 108 cm³/mol. The van der Waals surface area contributed by atoms with Gasteiger partial charge in [0.1, 0.15) is 0 Å². The number of carbonyl (C=O) groups is 1. The molecule has 2 aliphatic rings. The van der Waals surface area contributed by atoms with Crippen molar-refractivity contribution in [2.75, 3.05) is 26.2 Å². The van der Waals surface area contributed by atoms with Crippen molar-refractivity contribution in [3.8, 4) is 0 Å². The Balaban J connectivity index is 1.44. The van der Waals surface area contributed by atoms with Crippen LogP contribution in [0.1, 0.15) is 57.4 Å². The van der Waals surface area contributed by atoms with Crippen LogP contribution in [0.4, 0.5) is 0 Å². The second kappa shape index (κ2) is 9.75. The summed E-state index contributed by atoms with van der Waals surface area (Å²) in [7, 11) is 0. The number of rotatable bonds is 6. The van der Waals surface area contributed by atoms with Crippen LogP contribution in [-0.2, 0) is 11.3 Å². The highest BCUT2D eigenvalue weighted by atomic mass is 35.5. The lowest BCUT2D eigenvalue weighted by Gasteiger charge is -2.36. The van der Waals surface area contributed by atoms with Crippen molar-refractivity contribution >= 4 is 17.5 Å². The second-order valence-corrected chi connectivity index (χ2v) is 8.71. The van der Waals surface area contributed by atoms with Gasteiger partial charge in [-0.1, -0.05) is 43.0 Å². The normalized spacial score (nSPS) is 20.2. The molecule has 0 atom stereocenters. The standard InChI is InChI=1S/C22H33ClN2O/c1-18(26)25(16-19-5-3-2-4-6-19)17-21-11-13-24(14-12-21)15-20-7-9-22(23)10-8-20/h7-10,19,21H,2-6,11-17H2,1H3. The molecule has 3 nitrogen and oxygen atoms in total. The Labute approximate surface area is 163 Å². The van der Waals surface area contributed by atoms with Gasteiger partial charge < -0.3 is 4.90 Å². The van der Waals surface area contributed by atoms with Gasteiger partial charge >= 0.3 is 0 Å². The third-order valence-electron chi connectivity index (χ3n) is 6.15. The summed E-state index contributed by atoms with van der Waals surface area (Å²) in [5.41, 5.74) is 1.33. The van der Waals surface area contributed by atoms with Gasteiger partial charge in [0.05, 0.1) is 0 Å². The molecule has 1 saturated heterocycles. The summed E-state index contributed by atoms with van der Waals surface area (Å²) in [6.45, 7) is 6.95. The molecule has 0 bridgehead atoms. The molecule has 1 aromatic rings. The highest BCUT2D eigenvalue weighted by Gasteiger charge is 2.25. The highest BCUT2D eigenvalue weighted by Crippen LogP contribution is 2.26. The Morgan fingerprint density at radius 2 is 1.58 bits per heavy atom. The van der Waals surface area contributed by atoms with Gasteiger partial charge in [-0.3, -0.25) is 9.69 Å². The van der Waals surface area contributed by atoms with Gasteiger partial charge in [-0.25, -0.2) is 0 Å². The molecule has 26 heavy (non-hydrogen) atoms. The number of nitrogens with zero attached hydrogens (tertiary/aromatic N) is 2. The summed E-state index contributed by atoms with van der Waals surface area (Å²) in [5.74, 6) is 1.65. The van der Waals surface area contributed by atoms with Gasteiger partial charge in [-0.2, -0.15) is 0 Å². The van der Waals surface area contributed by atoms with Crippen LogP contribution >= 0.6 is 11.6 Å². The number of amides is 1. The first-order valence-corrected chi connectivity index (χ1v) is 10.7. The van der Waals surface area contributed by atoms with E-state index < -0.39 is 0 Å². The van der Waals surface area contributed by atoms with Crippen molar-refractivity contribution in [1.29, 1.82) is 0 Å². The molecule has 1 aliphatic heterocycles. The van der Waals surface area contributed by atoms with Gasteiger partial charge in [0.25, 0.3) is 0 Å². The first kappa shape index (κ1) is 19.7. The maximum Gasteiger partial charge on any atom is 0.219 e. The van der Waals surface area contributed by atoms with E-state index in [9.17, 15) is 4.79 Å². The molecule has 1 aromatic carbocycles. The quantitative estimate of drug-likeness (QED) is 0.698. The number of halogens is 1. The molecule has 4 heteroatoms. The average Bonchev–Trinajstić information content (AvgIpc) is 2.65. The molecule has 3 rings (SSSR count). The maximum atomic E-state index is 12.1. The Kier molecular flexibility index (Phi) is 7.39. The van der Waals surface area contributed by atoms with Crippen LogP contribution in [0.15, 0.2) is 24.3 Å². The van der Waals surface area contributed by atoms with Crippen LogP contribution in [0.5, 0.6) is 0 Å². The van der Waals surface area contributed by atoms with Crippen molar-refractivity contribution < 1.29 is 4.79 Å². The maximum absolute atomic E-state index is 12.1. The summed E-state index contributed by atoms with van der Waals surface area (Å²) in [4.78, 5) is 16.8. The zero-order valence-electron chi connectivity index (χ0n) is 16.1.